The number of esters is 1. The van der Waals surface area contributed by atoms with Crippen LogP contribution in [0, 0.1) is 0 Å². The molecule has 0 aromatic heterocycles. The maximum absolute atomic E-state index is 11.9. The average Bonchev–Trinajstić information content (AvgIpc) is 2.52. The maximum atomic E-state index is 11.9. The van der Waals surface area contributed by atoms with Gasteiger partial charge in [0.1, 0.15) is 0 Å². The minimum Gasteiger partial charge on any atom is -0.465 e. The summed E-state index contributed by atoms with van der Waals surface area (Å²) in [5, 5.41) is 2.76. The van der Waals surface area contributed by atoms with Crippen molar-refractivity contribution in [1.82, 2.24) is 5.32 Å². The van der Waals surface area contributed by atoms with Crippen LogP contribution < -0.4 is 10.2 Å². The molecule has 120 valence electrons. The number of para-hydroxylation sites is 1. The number of carbonyl (C=O) groups excluding carboxylic acids is 3. The summed E-state index contributed by atoms with van der Waals surface area (Å²) in [5.41, 5.74) is 0.749. The molecule has 6 nitrogen and oxygen atoms in total. The molecule has 0 atom stereocenters. The normalized spacial score (nSPS) is 9.95. The number of amides is 2. The van der Waals surface area contributed by atoms with Crippen molar-refractivity contribution in [2.75, 3.05) is 25.1 Å². The van der Waals surface area contributed by atoms with Crippen LogP contribution in [-0.4, -0.2) is 38.0 Å². The van der Waals surface area contributed by atoms with Crippen molar-refractivity contribution < 1.29 is 19.1 Å². The molecule has 0 saturated carbocycles. The Morgan fingerprint density at radius 1 is 1.23 bits per heavy atom. The standard InChI is InChI=1S/C16H22N2O4/c1-4-10-17-15(20)9-11-18(12(2)19)14-8-6-5-7-13(14)16(21)22-3/h5-8H,4,9-11H2,1-3H3,(H,17,20). The van der Waals surface area contributed by atoms with Crippen molar-refractivity contribution in [3.05, 3.63) is 29.8 Å². The van der Waals surface area contributed by atoms with Gasteiger partial charge in [-0.2, -0.15) is 0 Å². The third-order valence-electron chi connectivity index (χ3n) is 3.11. The number of hydrogen-bond acceptors (Lipinski definition) is 4. The Hall–Kier alpha value is -2.37. The van der Waals surface area contributed by atoms with E-state index >= 15 is 0 Å². The summed E-state index contributed by atoms with van der Waals surface area (Å²) in [6.45, 7) is 4.18. The fourth-order valence-electron chi connectivity index (χ4n) is 2.01. The highest BCUT2D eigenvalue weighted by Gasteiger charge is 2.20. The molecular formula is C16H22N2O4. The first kappa shape index (κ1) is 17.7. The van der Waals surface area contributed by atoms with Gasteiger partial charge in [-0.25, -0.2) is 4.79 Å². The van der Waals surface area contributed by atoms with Gasteiger partial charge < -0.3 is 15.0 Å². The lowest BCUT2D eigenvalue weighted by Gasteiger charge is -2.23. The van der Waals surface area contributed by atoms with Crippen LogP contribution in [0.25, 0.3) is 0 Å². The average molecular weight is 306 g/mol. The Labute approximate surface area is 130 Å². The Kier molecular flexibility index (Phi) is 7.08. The molecule has 0 bridgehead atoms. The Morgan fingerprint density at radius 3 is 2.50 bits per heavy atom. The van der Waals surface area contributed by atoms with E-state index in [9.17, 15) is 14.4 Å². The molecule has 0 aliphatic heterocycles. The summed E-state index contributed by atoms with van der Waals surface area (Å²) in [7, 11) is 1.29. The van der Waals surface area contributed by atoms with E-state index in [1.807, 2.05) is 6.92 Å². The summed E-state index contributed by atoms with van der Waals surface area (Å²) >= 11 is 0. The summed E-state index contributed by atoms with van der Waals surface area (Å²) in [4.78, 5) is 36.8. The first-order valence-electron chi connectivity index (χ1n) is 7.23. The zero-order chi connectivity index (χ0) is 16.5. The number of nitrogens with zero attached hydrogens (tertiary/aromatic N) is 1. The van der Waals surface area contributed by atoms with Crippen LogP contribution in [-0.2, 0) is 14.3 Å². The van der Waals surface area contributed by atoms with Gasteiger partial charge in [-0.05, 0) is 18.6 Å². The van der Waals surface area contributed by atoms with Gasteiger partial charge in [-0.1, -0.05) is 19.1 Å². The van der Waals surface area contributed by atoms with E-state index in [1.165, 1.54) is 18.9 Å². The van der Waals surface area contributed by atoms with Gasteiger partial charge >= 0.3 is 5.97 Å². The van der Waals surface area contributed by atoms with Crippen LogP contribution >= 0.6 is 0 Å². The second-order valence-corrected chi connectivity index (χ2v) is 4.78. The number of methoxy groups -OCH3 is 1. The van der Waals surface area contributed by atoms with Gasteiger partial charge in [0, 0.05) is 26.4 Å². The van der Waals surface area contributed by atoms with Gasteiger partial charge in [0.25, 0.3) is 0 Å². The van der Waals surface area contributed by atoms with Crippen LogP contribution in [0.2, 0.25) is 0 Å². The lowest BCUT2D eigenvalue weighted by molar-refractivity contribution is -0.121. The van der Waals surface area contributed by atoms with Gasteiger partial charge in [-0.3, -0.25) is 9.59 Å². The van der Waals surface area contributed by atoms with E-state index in [2.05, 4.69) is 5.32 Å². The third-order valence-corrected chi connectivity index (χ3v) is 3.11. The van der Waals surface area contributed by atoms with Crippen molar-refractivity contribution >= 4 is 23.5 Å². The number of rotatable bonds is 7. The molecule has 1 aromatic rings. The monoisotopic (exact) mass is 306 g/mol. The summed E-state index contributed by atoms with van der Waals surface area (Å²) in [6, 6.07) is 6.68. The first-order valence-corrected chi connectivity index (χ1v) is 7.23. The molecule has 6 heteroatoms. The van der Waals surface area contributed by atoms with Crippen molar-refractivity contribution in [3.8, 4) is 0 Å². The SMILES string of the molecule is CCCNC(=O)CCN(C(C)=O)c1ccccc1C(=O)OC. The van der Waals surface area contributed by atoms with Crippen molar-refractivity contribution in [2.45, 2.75) is 26.7 Å². The highest BCUT2D eigenvalue weighted by Crippen LogP contribution is 2.21. The highest BCUT2D eigenvalue weighted by molar-refractivity contribution is 6.02. The van der Waals surface area contributed by atoms with Gasteiger partial charge in [-0.15, -0.1) is 0 Å². The highest BCUT2D eigenvalue weighted by atomic mass is 16.5. The van der Waals surface area contributed by atoms with Crippen molar-refractivity contribution in [3.63, 3.8) is 0 Å². The number of ether oxygens (including phenoxy) is 1. The summed E-state index contributed by atoms with van der Waals surface area (Å²) in [6.07, 6.45) is 1.03. The van der Waals surface area contributed by atoms with E-state index in [-0.39, 0.29) is 24.8 Å². The number of carbonyl (C=O) groups is 3. The topological polar surface area (TPSA) is 75.7 Å². The van der Waals surface area contributed by atoms with E-state index in [0.29, 0.717) is 17.8 Å². The molecule has 0 saturated heterocycles. The van der Waals surface area contributed by atoms with Crippen molar-refractivity contribution in [1.29, 1.82) is 0 Å². The lowest BCUT2D eigenvalue weighted by Crippen LogP contribution is -2.35. The second-order valence-electron chi connectivity index (χ2n) is 4.78. The van der Waals surface area contributed by atoms with Crippen LogP contribution in [0.15, 0.2) is 24.3 Å². The van der Waals surface area contributed by atoms with Gasteiger partial charge in [0.2, 0.25) is 11.8 Å². The van der Waals surface area contributed by atoms with Crippen LogP contribution in [0.4, 0.5) is 5.69 Å². The summed E-state index contributed by atoms with van der Waals surface area (Å²) < 4.78 is 4.73. The fourth-order valence-corrected chi connectivity index (χ4v) is 2.01. The summed E-state index contributed by atoms with van der Waals surface area (Å²) in [5.74, 6) is -0.874. The lowest BCUT2D eigenvalue weighted by atomic mass is 10.1. The molecule has 0 radical (unpaired) electrons. The Balaban J connectivity index is 2.90. The number of benzene rings is 1. The molecule has 0 unspecified atom stereocenters. The minimum absolute atomic E-state index is 0.122. The largest absolute Gasteiger partial charge is 0.465 e. The van der Waals surface area contributed by atoms with E-state index in [0.717, 1.165) is 6.42 Å². The number of nitrogens with one attached hydrogen (secondary N) is 1. The van der Waals surface area contributed by atoms with E-state index in [1.54, 1.807) is 24.3 Å². The molecule has 1 aromatic carbocycles. The molecule has 1 rings (SSSR count). The van der Waals surface area contributed by atoms with Crippen molar-refractivity contribution in [2.24, 2.45) is 0 Å². The zero-order valence-electron chi connectivity index (χ0n) is 13.2. The number of anilines is 1. The molecule has 1 N–H and O–H groups in total. The Bertz CT molecular complexity index is 543. The predicted octanol–water partition coefficient (Wildman–Crippen LogP) is 1.74. The molecule has 0 fully saturated rings. The molecule has 0 aliphatic rings. The molecular weight excluding hydrogens is 284 g/mol. The fraction of sp³-hybridized carbons (Fsp3) is 0.438. The molecule has 2 amide bonds. The second kappa shape index (κ2) is 8.81. The Morgan fingerprint density at radius 2 is 1.91 bits per heavy atom. The quantitative estimate of drug-likeness (QED) is 0.779. The van der Waals surface area contributed by atoms with Crippen LogP contribution in [0.1, 0.15) is 37.0 Å². The number of hydrogen-bond donors (Lipinski definition) is 1. The molecule has 0 aliphatic carbocycles. The van der Waals surface area contributed by atoms with E-state index in [4.69, 9.17) is 4.74 Å². The third kappa shape index (κ3) is 4.87. The first-order chi connectivity index (χ1) is 10.5. The predicted molar refractivity (Wildman–Crippen MR) is 83.7 cm³/mol. The van der Waals surface area contributed by atoms with Gasteiger partial charge in [0.05, 0.1) is 18.4 Å². The maximum Gasteiger partial charge on any atom is 0.339 e. The zero-order valence-corrected chi connectivity index (χ0v) is 13.2. The minimum atomic E-state index is -0.516. The molecule has 22 heavy (non-hydrogen) atoms. The van der Waals surface area contributed by atoms with Crippen LogP contribution in [0.5, 0.6) is 0 Å². The smallest absolute Gasteiger partial charge is 0.339 e. The van der Waals surface area contributed by atoms with Crippen LogP contribution in [0.3, 0.4) is 0 Å². The molecule has 0 heterocycles. The van der Waals surface area contributed by atoms with Gasteiger partial charge in [0.15, 0.2) is 0 Å². The molecule has 0 spiro atoms. The van der Waals surface area contributed by atoms with E-state index < -0.39 is 5.97 Å².